The van der Waals surface area contributed by atoms with Gasteiger partial charge in [-0.15, -0.1) is 0 Å². The van der Waals surface area contributed by atoms with E-state index in [0.717, 1.165) is 24.5 Å². The molecule has 0 saturated carbocycles. The van der Waals surface area contributed by atoms with Gasteiger partial charge < -0.3 is 36.5 Å². The smallest absolute Gasteiger partial charge is 0.409 e. The number of halogens is 1. The fourth-order valence-corrected chi connectivity index (χ4v) is 3.93. The molecular formula is C23H26ClN7O3. The first-order valence-electron chi connectivity index (χ1n) is 10.8. The molecule has 0 unspecified atom stereocenters. The van der Waals surface area contributed by atoms with Gasteiger partial charge in [-0.2, -0.15) is 4.98 Å². The van der Waals surface area contributed by atoms with Crippen LogP contribution in [0.2, 0.25) is 5.02 Å². The van der Waals surface area contributed by atoms with Crippen LogP contribution in [0.4, 0.5) is 39.3 Å². The fraction of sp³-hybridized carbons (Fsp3) is 0.261. The number of nitrogen functional groups attached to an aromatic ring is 1. The Morgan fingerprint density at radius 2 is 1.91 bits per heavy atom. The second kappa shape index (κ2) is 10.3. The van der Waals surface area contributed by atoms with Crippen LogP contribution in [0.1, 0.15) is 19.3 Å². The molecule has 2 heterocycles. The molecule has 34 heavy (non-hydrogen) atoms. The van der Waals surface area contributed by atoms with Crippen molar-refractivity contribution in [3.8, 4) is 11.5 Å². The number of benzene rings is 2. The van der Waals surface area contributed by atoms with Crippen LogP contribution < -0.4 is 36.5 Å². The molecule has 11 heteroatoms. The van der Waals surface area contributed by atoms with E-state index in [-0.39, 0.29) is 10.8 Å². The Kier molecular flexibility index (Phi) is 7.07. The van der Waals surface area contributed by atoms with Gasteiger partial charge in [0.25, 0.3) is 0 Å². The molecule has 6 N–H and O–H groups in total. The van der Waals surface area contributed by atoms with Gasteiger partial charge >= 0.3 is 6.09 Å². The van der Waals surface area contributed by atoms with Crippen LogP contribution in [0, 0.1) is 0 Å². The van der Waals surface area contributed by atoms with Crippen molar-refractivity contribution in [2.24, 2.45) is 5.73 Å². The number of ether oxygens (including phenoxy) is 2. The summed E-state index contributed by atoms with van der Waals surface area (Å²) in [5.74, 6) is 1.37. The van der Waals surface area contributed by atoms with Gasteiger partial charge in [0.2, 0.25) is 5.95 Å². The zero-order valence-corrected chi connectivity index (χ0v) is 19.4. The van der Waals surface area contributed by atoms with Crippen molar-refractivity contribution in [1.29, 1.82) is 0 Å². The minimum Gasteiger partial charge on any atom is -0.495 e. The second-order valence-corrected chi connectivity index (χ2v) is 8.15. The summed E-state index contributed by atoms with van der Waals surface area (Å²) in [6, 6.07) is 10.5. The van der Waals surface area contributed by atoms with E-state index in [2.05, 4.69) is 25.5 Å². The highest BCUT2D eigenvalue weighted by Crippen LogP contribution is 2.34. The molecule has 1 aliphatic heterocycles. The van der Waals surface area contributed by atoms with E-state index in [4.69, 9.17) is 32.5 Å². The third-order valence-corrected chi connectivity index (χ3v) is 5.64. The van der Waals surface area contributed by atoms with Crippen molar-refractivity contribution in [3.63, 3.8) is 0 Å². The molecule has 0 atom stereocenters. The van der Waals surface area contributed by atoms with Crippen molar-refractivity contribution in [3.05, 3.63) is 47.6 Å². The topological polar surface area (TPSA) is 141 Å². The van der Waals surface area contributed by atoms with Gasteiger partial charge in [-0.1, -0.05) is 11.6 Å². The van der Waals surface area contributed by atoms with Crippen LogP contribution in [0.25, 0.3) is 0 Å². The van der Waals surface area contributed by atoms with Crippen molar-refractivity contribution in [2.45, 2.75) is 19.3 Å². The van der Waals surface area contributed by atoms with Crippen LogP contribution >= 0.6 is 11.6 Å². The molecule has 0 spiro atoms. The van der Waals surface area contributed by atoms with E-state index < -0.39 is 6.09 Å². The zero-order chi connectivity index (χ0) is 24.1. The third kappa shape index (κ3) is 5.52. The van der Waals surface area contributed by atoms with E-state index in [1.165, 1.54) is 32.6 Å². The summed E-state index contributed by atoms with van der Waals surface area (Å²) in [5.41, 5.74) is 14.4. The highest BCUT2D eigenvalue weighted by molar-refractivity contribution is 6.33. The van der Waals surface area contributed by atoms with Gasteiger partial charge in [0.1, 0.15) is 16.5 Å². The summed E-state index contributed by atoms with van der Waals surface area (Å²) in [7, 11) is 1.52. The summed E-state index contributed by atoms with van der Waals surface area (Å²) in [5, 5.41) is 6.53. The molecule has 0 radical (unpaired) electrons. The molecule has 1 aliphatic rings. The Hall–Kier alpha value is -3.92. The standard InChI is InChI=1S/C23H26ClN7O3/c1-33-20-8-6-15(34-22(26)32)12-18(20)29-21-16(24)13-27-23(30-21)28-14-5-7-19(17(25)11-14)31-9-3-2-4-10-31/h5-8,11-13H,2-4,9-10,25H2,1H3,(H2,26,32)(H2,27,28,29,30). The molecular weight excluding hydrogens is 458 g/mol. The number of nitrogens with two attached hydrogens (primary N) is 2. The van der Waals surface area contributed by atoms with Gasteiger partial charge in [-0.25, -0.2) is 9.78 Å². The van der Waals surface area contributed by atoms with Crippen molar-refractivity contribution < 1.29 is 14.3 Å². The van der Waals surface area contributed by atoms with Gasteiger partial charge in [-0.05, 0) is 49.6 Å². The zero-order valence-electron chi connectivity index (χ0n) is 18.7. The maximum atomic E-state index is 11.1. The molecule has 0 bridgehead atoms. The van der Waals surface area contributed by atoms with Crippen molar-refractivity contribution in [1.82, 2.24) is 9.97 Å². The lowest BCUT2D eigenvalue weighted by Crippen LogP contribution is -2.29. The minimum absolute atomic E-state index is 0.239. The average molecular weight is 484 g/mol. The summed E-state index contributed by atoms with van der Waals surface area (Å²) in [6.45, 7) is 2.03. The lowest BCUT2D eigenvalue weighted by molar-refractivity contribution is 0.211. The van der Waals surface area contributed by atoms with E-state index >= 15 is 0 Å². The first kappa shape index (κ1) is 23.2. The van der Waals surface area contributed by atoms with Crippen LogP contribution in [-0.2, 0) is 0 Å². The number of piperidine rings is 1. The Labute approximate surface area is 202 Å². The predicted molar refractivity (Wildman–Crippen MR) is 134 cm³/mol. The third-order valence-electron chi connectivity index (χ3n) is 5.37. The maximum Gasteiger partial charge on any atom is 0.409 e. The summed E-state index contributed by atoms with van der Waals surface area (Å²) >= 11 is 6.31. The lowest BCUT2D eigenvalue weighted by atomic mass is 10.1. The Bertz CT molecular complexity index is 1190. The first-order chi connectivity index (χ1) is 16.4. The van der Waals surface area contributed by atoms with Crippen molar-refractivity contribution in [2.75, 3.05) is 41.5 Å². The van der Waals surface area contributed by atoms with Crippen LogP contribution in [0.5, 0.6) is 11.5 Å². The molecule has 1 fully saturated rings. The Morgan fingerprint density at radius 3 is 2.62 bits per heavy atom. The van der Waals surface area contributed by atoms with E-state index in [1.807, 2.05) is 18.2 Å². The number of primary amides is 1. The number of nitrogens with zero attached hydrogens (tertiary/aromatic N) is 3. The number of anilines is 6. The fourth-order valence-electron chi connectivity index (χ4n) is 3.79. The molecule has 1 amide bonds. The van der Waals surface area contributed by atoms with E-state index in [1.54, 1.807) is 18.2 Å². The number of hydrogen-bond donors (Lipinski definition) is 4. The molecule has 178 valence electrons. The Balaban J connectivity index is 1.54. The molecule has 4 rings (SSSR count). The van der Waals surface area contributed by atoms with E-state index in [9.17, 15) is 4.79 Å². The summed E-state index contributed by atoms with van der Waals surface area (Å²) < 4.78 is 10.3. The molecule has 1 saturated heterocycles. The highest BCUT2D eigenvalue weighted by atomic mass is 35.5. The minimum atomic E-state index is -0.923. The second-order valence-electron chi connectivity index (χ2n) is 7.74. The Morgan fingerprint density at radius 1 is 1.12 bits per heavy atom. The number of carbonyl (C=O) groups is 1. The van der Waals surface area contributed by atoms with Gasteiger partial charge in [-0.3, -0.25) is 0 Å². The largest absolute Gasteiger partial charge is 0.495 e. The van der Waals surface area contributed by atoms with Gasteiger partial charge in [0.15, 0.2) is 5.82 Å². The number of amides is 1. The number of carbonyl (C=O) groups excluding carboxylic acids is 1. The quantitative estimate of drug-likeness (QED) is 0.353. The maximum absolute atomic E-state index is 11.1. The van der Waals surface area contributed by atoms with Crippen LogP contribution in [0.3, 0.4) is 0 Å². The molecule has 1 aromatic heterocycles. The monoisotopic (exact) mass is 483 g/mol. The van der Waals surface area contributed by atoms with Crippen LogP contribution in [0.15, 0.2) is 42.6 Å². The highest BCUT2D eigenvalue weighted by Gasteiger charge is 2.15. The number of hydrogen-bond acceptors (Lipinski definition) is 9. The molecule has 0 aliphatic carbocycles. The number of nitrogens with one attached hydrogen (secondary N) is 2. The SMILES string of the molecule is COc1ccc(OC(N)=O)cc1Nc1nc(Nc2ccc(N3CCCCC3)c(N)c2)ncc1Cl. The number of aromatic nitrogens is 2. The van der Waals surface area contributed by atoms with E-state index in [0.29, 0.717) is 28.9 Å². The number of rotatable bonds is 7. The predicted octanol–water partition coefficient (Wildman–Crippen LogP) is 4.66. The van der Waals surface area contributed by atoms with Gasteiger partial charge in [0.05, 0.1) is 30.4 Å². The summed E-state index contributed by atoms with van der Waals surface area (Å²) in [4.78, 5) is 22.1. The molecule has 3 aromatic rings. The number of methoxy groups -OCH3 is 1. The normalized spacial score (nSPS) is 13.3. The average Bonchev–Trinajstić information content (AvgIpc) is 2.82. The first-order valence-corrected chi connectivity index (χ1v) is 11.2. The molecule has 10 nitrogen and oxygen atoms in total. The van der Waals surface area contributed by atoms with Crippen LogP contribution in [-0.4, -0.2) is 36.3 Å². The van der Waals surface area contributed by atoms with Gasteiger partial charge in [0, 0.05) is 24.8 Å². The summed E-state index contributed by atoms with van der Waals surface area (Å²) in [6.07, 6.45) is 4.16. The van der Waals surface area contributed by atoms with Crippen molar-refractivity contribution >= 4 is 52.2 Å². The lowest BCUT2D eigenvalue weighted by Gasteiger charge is -2.30. The molecule has 2 aromatic carbocycles.